The van der Waals surface area contributed by atoms with Crippen LogP contribution in [0.15, 0.2) is 36.5 Å². The Morgan fingerprint density at radius 3 is 2.80 bits per heavy atom. The number of pyridine rings is 1. The maximum Gasteiger partial charge on any atom is 0.251 e. The van der Waals surface area contributed by atoms with E-state index in [0.717, 1.165) is 23.4 Å². The predicted molar refractivity (Wildman–Crippen MR) is 72.9 cm³/mol. The predicted octanol–water partition coefficient (Wildman–Crippen LogP) is 2.73. The molecular formula is C15H15FN2O2. The fourth-order valence-corrected chi connectivity index (χ4v) is 1.95. The summed E-state index contributed by atoms with van der Waals surface area (Å²) < 4.78 is 13.0. The second-order valence-corrected chi connectivity index (χ2v) is 4.57. The number of rotatable bonds is 3. The summed E-state index contributed by atoms with van der Waals surface area (Å²) in [6.07, 6.45) is 1.66. The molecule has 0 aliphatic carbocycles. The highest BCUT2D eigenvalue weighted by Crippen LogP contribution is 2.18. The molecule has 2 N–H and O–H groups in total. The minimum Gasteiger partial charge on any atom is -0.505 e. The summed E-state index contributed by atoms with van der Waals surface area (Å²) in [5.74, 6) is -1.69. The van der Waals surface area contributed by atoms with Crippen LogP contribution < -0.4 is 5.32 Å². The molecule has 2 aromatic rings. The molecule has 1 atom stereocenters. The largest absolute Gasteiger partial charge is 0.505 e. The lowest BCUT2D eigenvalue weighted by Gasteiger charge is -2.15. The van der Waals surface area contributed by atoms with Crippen molar-refractivity contribution in [2.24, 2.45) is 0 Å². The molecule has 4 nitrogen and oxygen atoms in total. The van der Waals surface area contributed by atoms with Crippen LogP contribution in [0.2, 0.25) is 0 Å². The Morgan fingerprint density at radius 1 is 1.40 bits per heavy atom. The van der Waals surface area contributed by atoms with Gasteiger partial charge in [0.15, 0.2) is 11.6 Å². The molecule has 1 unspecified atom stereocenters. The van der Waals surface area contributed by atoms with E-state index in [0.29, 0.717) is 0 Å². The monoisotopic (exact) mass is 274 g/mol. The van der Waals surface area contributed by atoms with Crippen molar-refractivity contribution in [1.82, 2.24) is 10.3 Å². The molecule has 0 aliphatic rings. The lowest BCUT2D eigenvalue weighted by Crippen LogP contribution is -2.27. The molecule has 1 aromatic carbocycles. The highest BCUT2D eigenvalue weighted by molar-refractivity contribution is 5.94. The van der Waals surface area contributed by atoms with Crippen molar-refractivity contribution in [1.29, 1.82) is 0 Å². The van der Waals surface area contributed by atoms with E-state index >= 15 is 0 Å². The van der Waals surface area contributed by atoms with Gasteiger partial charge in [-0.15, -0.1) is 0 Å². The van der Waals surface area contributed by atoms with Gasteiger partial charge >= 0.3 is 0 Å². The molecule has 2 rings (SSSR count). The molecule has 0 fully saturated rings. The molecule has 1 amide bonds. The van der Waals surface area contributed by atoms with Crippen LogP contribution in [-0.4, -0.2) is 16.0 Å². The van der Waals surface area contributed by atoms with Gasteiger partial charge in [0.2, 0.25) is 0 Å². The Balaban J connectivity index is 2.15. The maximum absolute atomic E-state index is 13.0. The highest BCUT2D eigenvalue weighted by Gasteiger charge is 2.15. The number of carbonyl (C=O) groups excluding carboxylic acids is 1. The zero-order valence-electron chi connectivity index (χ0n) is 11.2. The molecule has 20 heavy (non-hydrogen) atoms. The Kier molecular flexibility index (Phi) is 3.98. The van der Waals surface area contributed by atoms with E-state index in [2.05, 4.69) is 10.3 Å². The summed E-state index contributed by atoms with van der Waals surface area (Å²) in [5.41, 5.74) is 1.94. The van der Waals surface area contributed by atoms with Crippen molar-refractivity contribution < 1.29 is 14.3 Å². The zero-order chi connectivity index (χ0) is 14.7. The van der Waals surface area contributed by atoms with Crippen molar-refractivity contribution in [2.75, 3.05) is 0 Å². The van der Waals surface area contributed by atoms with Crippen LogP contribution in [0.3, 0.4) is 0 Å². The fraction of sp³-hybridized carbons (Fsp3) is 0.200. The second-order valence-electron chi connectivity index (χ2n) is 4.57. The first-order chi connectivity index (χ1) is 9.49. The first-order valence-corrected chi connectivity index (χ1v) is 6.20. The molecule has 0 spiro atoms. The topological polar surface area (TPSA) is 62.2 Å². The summed E-state index contributed by atoms with van der Waals surface area (Å²) in [5, 5.41) is 12.0. The number of phenolic OH excluding ortho intramolecular Hbond substituents is 1. The van der Waals surface area contributed by atoms with Crippen molar-refractivity contribution in [3.8, 4) is 5.75 Å². The smallest absolute Gasteiger partial charge is 0.251 e. The zero-order valence-corrected chi connectivity index (χ0v) is 11.2. The van der Waals surface area contributed by atoms with Crippen molar-refractivity contribution in [3.63, 3.8) is 0 Å². The third-order valence-electron chi connectivity index (χ3n) is 3.02. The molecule has 0 saturated heterocycles. The van der Waals surface area contributed by atoms with Gasteiger partial charge in [-0.05, 0) is 43.7 Å². The van der Waals surface area contributed by atoms with E-state index in [-0.39, 0.29) is 11.6 Å². The number of aromatic hydroxyl groups is 1. The van der Waals surface area contributed by atoms with Gasteiger partial charge in [-0.2, -0.15) is 0 Å². The third-order valence-corrected chi connectivity index (χ3v) is 3.02. The molecule has 0 radical (unpaired) electrons. The summed E-state index contributed by atoms with van der Waals surface area (Å²) in [7, 11) is 0. The minimum atomic E-state index is -0.754. The number of hydrogen-bond acceptors (Lipinski definition) is 3. The van der Waals surface area contributed by atoms with E-state index in [1.54, 1.807) is 6.20 Å². The number of phenols is 1. The molecule has 0 aliphatic heterocycles. The summed E-state index contributed by atoms with van der Waals surface area (Å²) in [6.45, 7) is 3.73. The highest BCUT2D eigenvalue weighted by atomic mass is 19.1. The molecule has 5 heteroatoms. The van der Waals surface area contributed by atoms with Crippen LogP contribution in [0, 0.1) is 12.7 Å². The molecule has 0 saturated carbocycles. The average Bonchev–Trinajstić information content (AvgIpc) is 2.42. The lowest BCUT2D eigenvalue weighted by molar-refractivity contribution is 0.0938. The summed E-state index contributed by atoms with van der Waals surface area (Å²) >= 11 is 0. The first kappa shape index (κ1) is 14.0. The fourth-order valence-electron chi connectivity index (χ4n) is 1.95. The number of benzene rings is 1. The van der Waals surface area contributed by atoms with Gasteiger partial charge in [-0.25, -0.2) is 4.39 Å². The number of nitrogens with zero attached hydrogens (tertiary/aromatic N) is 1. The number of nitrogens with one attached hydrogen (secondary N) is 1. The van der Waals surface area contributed by atoms with Gasteiger partial charge in [-0.3, -0.25) is 9.78 Å². The van der Waals surface area contributed by atoms with Gasteiger partial charge in [0.05, 0.1) is 11.7 Å². The molecular weight excluding hydrogens is 259 g/mol. The standard InChI is InChI=1S/C15H15FN2O2/c1-9-4-3-7-17-14(9)10(2)18-15(20)11-5-6-12(16)13(19)8-11/h3-8,10,19H,1-2H3,(H,18,20). The van der Waals surface area contributed by atoms with Crippen LogP contribution in [0.4, 0.5) is 4.39 Å². The minimum absolute atomic E-state index is 0.198. The molecule has 1 aromatic heterocycles. The average molecular weight is 274 g/mol. The SMILES string of the molecule is Cc1cccnc1C(C)NC(=O)c1ccc(F)c(O)c1. The van der Waals surface area contributed by atoms with Crippen molar-refractivity contribution in [3.05, 3.63) is 59.2 Å². The van der Waals surface area contributed by atoms with Gasteiger partial charge in [0.25, 0.3) is 5.91 Å². The van der Waals surface area contributed by atoms with Crippen LogP contribution in [-0.2, 0) is 0 Å². The van der Waals surface area contributed by atoms with Crippen LogP contribution in [0.25, 0.3) is 0 Å². The van der Waals surface area contributed by atoms with E-state index < -0.39 is 17.5 Å². The third kappa shape index (κ3) is 2.93. The van der Waals surface area contributed by atoms with Crippen molar-refractivity contribution in [2.45, 2.75) is 19.9 Å². The molecule has 0 bridgehead atoms. The van der Waals surface area contributed by atoms with Gasteiger partial charge in [0, 0.05) is 11.8 Å². The Hall–Kier alpha value is -2.43. The normalized spacial score (nSPS) is 11.9. The number of halogens is 1. The van der Waals surface area contributed by atoms with Gasteiger partial charge in [-0.1, -0.05) is 6.07 Å². The van der Waals surface area contributed by atoms with Gasteiger partial charge in [0.1, 0.15) is 0 Å². The maximum atomic E-state index is 13.0. The quantitative estimate of drug-likeness (QED) is 0.904. The summed E-state index contributed by atoms with van der Waals surface area (Å²) in [6, 6.07) is 6.93. The number of aromatic nitrogens is 1. The Labute approximate surface area is 116 Å². The summed E-state index contributed by atoms with van der Waals surface area (Å²) in [4.78, 5) is 16.3. The second kappa shape index (κ2) is 5.69. The number of hydrogen-bond donors (Lipinski definition) is 2. The Morgan fingerprint density at radius 2 is 2.15 bits per heavy atom. The van der Waals surface area contributed by atoms with Crippen LogP contribution in [0.5, 0.6) is 5.75 Å². The Bertz CT molecular complexity index is 644. The van der Waals surface area contributed by atoms with Crippen LogP contribution >= 0.6 is 0 Å². The van der Waals surface area contributed by atoms with E-state index in [4.69, 9.17) is 0 Å². The van der Waals surface area contributed by atoms with E-state index in [1.165, 1.54) is 6.07 Å². The molecule has 1 heterocycles. The van der Waals surface area contributed by atoms with Gasteiger partial charge < -0.3 is 10.4 Å². The number of carbonyl (C=O) groups is 1. The van der Waals surface area contributed by atoms with E-state index in [9.17, 15) is 14.3 Å². The first-order valence-electron chi connectivity index (χ1n) is 6.20. The number of aryl methyl sites for hydroxylation is 1. The van der Waals surface area contributed by atoms with E-state index in [1.807, 2.05) is 26.0 Å². The lowest BCUT2D eigenvalue weighted by atomic mass is 10.1. The van der Waals surface area contributed by atoms with Crippen molar-refractivity contribution >= 4 is 5.91 Å². The molecule has 104 valence electrons. The van der Waals surface area contributed by atoms with Crippen LogP contribution in [0.1, 0.15) is 34.6 Å². The number of amides is 1.